The standard InChI is InChI=1S/C15H21NO3/c1-3-13-7-8-14(19-13)15(18)16-9-5-4-6-12(16)10-11(2)17/h7-8,12H,3-6,9-10H2,1-2H3. The van der Waals surface area contributed by atoms with Crippen molar-refractivity contribution < 1.29 is 14.0 Å². The van der Waals surface area contributed by atoms with E-state index < -0.39 is 0 Å². The number of furan rings is 1. The number of likely N-dealkylation sites (tertiary alicyclic amines) is 1. The first-order valence-electron chi connectivity index (χ1n) is 7.01. The number of Topliss-reactive ketones (excluding diaryl/α,β-unsaturated/α-hetero) is 1. The van der Waals surface area contributed by atoms with Gasteiger partial charge in [-0.2, -0.15) is 0 Å². The van der Waals surface area contributed by atoms with Gasteiger partial charge in [0.1, 0.15) is 11.5 Å². The summed E-state index contributed by atoms with van der Waals surface area (Å²) in [6.07, 6.45) is 4.23. The molecule has 104 valence electrons. The first kappa shape index (κ1) is 13.8. The van der Waals surface area contributed by atoms with E-state index in [2.05, 4.69) is 0 Å². The van der Waals surface area contributed by atoms with Gasteiger partial charge in [0.15, 0.2) is 5.76 Å². The third-order valence-corrected chi connectivity index (χ3v) is 3.63. The van der Waals surface area contributed by atoms with Crippen LogP contribution in [0, 0.1) is 0 Å². The number of ketones is 1. The Bertz CT molecular complexity index is 464. The quantitative estimate of drug-likeness (QED) is 0.839. The van der Waals surface area contributed by atoms with E-state index in [0.29, 0.717) is 12.2 Å². The van der Waals surface area contributed by atoms with Gasteiger partial charge >= 0.3 is 0 Å². The minimum absolute atomic E-state index is 0.0360. The van der Waals surface area contributed by atoms with Crippen LogP contribution in [0.3, 0.4) is 0 Å². The molecule has 1 fully saturated rings. The molecule has 0 saturated carbocycles. The van der Waals surface area contributed by atoms with E-state index in [1.807, 2.05) is 17.9 Å². The molecule has 1 aromatic heterocycles. The third-order valence-electron chi connectivity index (χ3n) is 3.63. The zero-order valence-electron chi connectivity index (χ0n) is 11.6. The molecule has 4 nitrogen and oxygen atoms in total. The molecule has 1 atom stereocenters. The molecule has 2 heterocycles. The van der Waals surface area contributed by atoms with E-state index in [1.165, 1.54) is 0 Å². The minimum atomic E-state index is -0.0781. The predicted octanol–water partition coefficient (Wildman–Crippen LogP) is 2.82. The maximum atomic E-state index is 12.4. The lowest BCUT2D eigenvalue weighted by Gasteiger charge is -2.34. The summed E-state index contributed by atoms with van der Waals surface area (Å²) in [4.78, 5) is 25.6. The average Bonchev–Trinajstić information content (AvgIpc) is 2.86. The van der Waals surface area contributed by atoms with Crippen LogP contribution in [0.25, 0.3) is 0 Å². The topological polar surface area (TPSA) is 50.5 Å². The second-order valence-electron chi connectivity index (χ2n) is 5.17. The van der Waals surface area contributed by atoms with Crippen LogP contribution in [0.2, 0.25) is 0 Å². The number of amides is 1. The zero-order valence-corrected chi connectivity index (χ0v) is 11.6. The number of rotatable bonds is 4. The number of carbonyl (C=O) groups is 2. The molecule has 1 unspecified atom stereocenters. The lowest BCUT2D eigenvalue weighted by atomic mass is 9.97. The lowest BCUT2D eigenvalue weighted by Crippen LogP contribution is -2.44. The van der Waals surface area contributed by atoms with Crippen molar-refractivity contribution in [1.29, 1.82) is 0 Å². The Morgan fingerprint density at radius 1 is 1.37 bits per heavy atom. The molecule has 1 saturated heterocycles. The summed E-state index contributed by atoms with van der Waals surface area (Å²) in [5.74, 6) is 1.28. The van der Waals surface area contributed by atoms with Crippen molar-refractivity contribution in [2.45, 2.75) is 52.0 Å². The van der Waals surface area contributed by atoms with Crippen LogP contribution >= 0.6 is 0 Å². The van der Waals surface area contributed by atoms with Crippen molar-refractivity contribution >= 4 is 11.7 Å². The van der Waals surface area contributed by atoms with Gasteiger partial charge in [0.05, 0.1) is 0 Å². The largest absolute Gasteiger partial charge is 0.456 e. The fourth-order valence-corrected chi connectivity index (χ4v) is 2.64. The Kier molecular flexibility index (Phi) is 4.40. The van der Waals surface area contributed by atoms with Crippen molar-refractivity contribution in [2.24, 2.45) is 0 Å². The molecule has 0 spiro atoms. The van der Waals surface area contributed by atoms with Crippen molar-refractivity contribution in [3.05, 3.63) is 23.7 Å². The first-order valence-corrected chi connectivity index (χ1v) is 7.01. The van der Waals surface area contributed by atoms with Gasteiger partial charge in [0.2, 0.25) is 0 Å². The molecule has 0 aromatic carbocycles. The second-order valence-corrected chi connectivity index (χ2v) is 5.17. The normalized spacial score (nSPS) is 19.5. The van der Waals surface area contributed by atoms with Gasteiger partial charge in [-0.1, -0.05) is 6.92 Å². The lowest BCUT2D eigenvalue weighted by molar-refractivity contribution is -0.118. The highest BCUT2D eigenvalue weighted by molar-refractivity contribution is 5.92. The van der Waals surface area contributed by atoms with Crippen molar-refractivity contribution in [3.63, 3.8) is 0 Å². The second kappa shape index (κ2) is 6.04. The van der Waals surface area contributed by atoms with Gasteiger partial charge in [0.25, 0.3) is 5.91 Å². The molecular formula is C15H21NO3. The number of carbonyl (C=O) groups excluding carboxylic acids is 2. The molecule has 2 rings (SSSR count). The van der Waals surface area contributed by atoms with E-state index in [0.717, 1.165) is 38.0 Å². The molecule has 0 N–H and O–H groups in total. The maximum Gasteiger partial charge on any atom is 0.289 e. The van der Waals surface area contributed by atoms with Crippen LogP contribution in [-0.4, -0.2) is 29.2 Å². The molecule has 1 aliphatic rings. The van der Waals surface area contributed by atoms with E-state index >= 15 is 0 Å². The number of hydrogen-bond acceptors (Lipinski definition) is 3. The van der Waals surface area contributed by atoms with Gasteiger partial charge < -0.3 is 9.32 Å². The number of nitrogens with zero attached hydrogens (tertiary/aromatic N) is 1. The van der Waals surface area contributed by atoms with Gasteiger partial charge in [-0.3, -0.25) is 9.59 Å². The van der Waals surface area contributed by atoms with E-state index in [4.69, 9.17) is 4.42 Å². The summed E-state index contributed by atoms with van der Waals surface area (Å²) in [6, 6.07) is 3.62. The van der Waals surface area contributed by atoms with E-state index in [9.17, 15) is 9.59 Å². The number of piperidine rings is 1. The summed E-state index contributed by atoms with van der Waals surface area (Å²) < 4.78 is 5.52. The molecule has 0 bridgehead atoms. The monoisotopic (exact) mass is 263 g/mol. The molecule has 0 aliphatic carbocycles. The third kappa shape index (κ3) is 3.25. The average molecular weight is 263 g/mol. The molecule has 4 heteroatoms. The predicted molar refractivity (Wildman–Crippen MR) is 72.1 cm³/mol. The first-order chi connectivity index (χ1) is 9.11. The van der Waals surface area contributed by atoms with Crippen LogP contribution in [0.4, 0.5) is 0 Å². The zero-order chi connectivity index (χ0) is 13.8. The summed E-state index contributed by atoms with van der Waals surface area (Å²) in [5, 5.41) is 0. The van der Waals surface area contributed by atoms with Crippen LogP contribution in [0.5, 0.6) is 0 Å². The van der Waals surface area contributed by atoms with Gasteiger partial charge in [-0.25, -0.2) is 0 Å². The molecule has 0 radical (unpaired) electrons. The molecule has 1 aliphatic heterocycles. The highest BCUT2D eigenvalue weighted by atomic mass is 16.4. The molecular weight excluding hydrogens is 242 g/mol. The number of hydrogen-bond donors (Lipinski definition) is 0. The fourth-order valence-electron chi connectivity index (χ4n) is 2.64. The van der Waals surface area contributed by atoms with Crippen molar-refractivity contribution in [1.82, 2.24) is 4.90 Å². The van der Waals surface area contributed by atoms with Crippen molar-refractivity contribution in [3.8, 4) is 0 Å². The summed E-state index contributed by atoms with van der Waals surface area (Å²) in [5.41, 5.74) is 0. The van der Waals surface area contributed by atoms with Crippen LogP contribution in [-0.2, 0) is 11.2 Å². The molecule has 1 aromatic rings. The number of aryl methyl sites for hydroxylation is 1. The van der Waals surface area contributed by atoms with Gasteiger partial charge in [-0.05, 0) is 38.3 Å². The van der Waals surface area contributed by atoms with Crippen LogP contribution in [0.15, 0.2) is 16.5 Å². The van der Waals surface area contributed by atoms with E-state index in [-0.39, 0.29) is 17.7 Å². The smallest absolute Gasteiger partial charge is 0.289 e. The van der Waals surface area contributed by atoms with Gasteiger partial charge in [0, 0.05) is 25.4 Å². The maximum absolute atomic E-state index is 12.4. The Hall–Kier alpha value is -1.58. The minimum Gasteiger partial charge on any atom is -0.456 e. The Morgan fingerprint density at radius 3 is 2.79 bits per heavy atom. The van der Waals surface area contributed by atoms with Crippen molar-refractivity contribution in [2.75, 3.05) is 6.54 Å². The Balaban J connectivity index is 2.12. The van der Waals surface area contributed by atoms with Crippen LogP contribution in [0.1, 0.15) is 55.8 Å². The van der Waals surface area contributed by atoms with Gasteiger partial charge in [-0.15, -0.1) is 0 Å². The highest BCUT2D eigenvalue weighted by Gasteiger charge is 2.29. The van der Waals surface area contributed by atoms with E-state index in [1.54, 1.807) is 13.0 Å². The Morgan fingerprint density at radius 2 is 2.16 bits per heavy atom. The summed E-state index contributed by atoms with van der Waals surface area (Å²) in [7, 11) is 0. The Labute approximate surface area is 113 Å². The molecule has 1 amide bonds. The fraction of sp³-hybridized carbons (Fsp3) is 0.600. The molecule has 19 heavy (non-hydrogen) atoms. The summed E-state index contributed by atoms with van der Waals surface area (Å²) >= 11 is 0. The van der Waals surface area contributed by atoms with Crippen LogP contribution < -0.4 is 0 Å². The highest BCUT2D eigenvalue weighted by Crippen LogP contribution is 2.23. The SMILES string of the molecule is CCc1ccc(C(=O)N2CCCCC2CC(C)=O)o1. The summed E-state index contributed by atoms with van der Waals surface area (Å²) in [6.45, 7) is 4.30.